The van der Waals surface area contributed by atoms with E-state index in [0.29, 0.717) is 58.7 Å². The van der Waals surface area contributed by atoms with Crippen molar-refractivity contribution < 1.29 is 23.5 Å². The molecule has 0 radical (unpaired) electrons. The van der Waals surface area contributed by atoms with E-state index in [-0.39, 0.29) is 23.9 Å². The molecule has 2 amide bonds. The minimum absolute atomic E-state index is 0.151. The number of methoxy groups -OCH3 is 1. The number of imidazole rings is 2. The number of rotatable bonds is 10. The van der Waals surface area contributed by atoms with Crippen molar-refractivity contribution in [3.63, 3.8) is 0 Å². The van der Waals surface area contributed by atoms with Crippen molar-refractivity contribution in [3.05, 3.63) is 88.1 Å². The Bertz CT molecular complexity index is 2640. The number of hydrogen-bond acceptors (Lipinski definition) is 8. The number of halogens is 1. The largest absolute Gasteiger partial charge is 0.464 e. The molecule has 1 aliphatic carbocycles. The molecule has 6 unspecified atom stereocenters. The van der Waals surface area contributed by atoms with Crippen molar-refractivity contribution >= 4 is 34.2 Å². The quantitative estimate of drug-likeness (QED) is 0.108. The number of thiophene rings is 1. The first-order valence-corrected chi connectivity index (χ1v) is 22.0. The number of aromatic amines is 2. The van der Waals surface area contributed by atoms with Crippen LogP contribution in [-0.2, 0) is 9.53 Å². The highest BCUT2D eigenvalue weighted by Gasteiger charge is 2.59. The highest BCUT2D eigenvalue weighted by atomic mass is 32.1. The van der Waals surface area contributed by atoms with Gasteiger partial charge in [-0.15, -0.1) is 11.3 Å². The van der Waals surface area contributed by atoms with Gasteiger partial charge in [0.05, 0.1) is 64.6 Å². The van der Waals surface area contributed by atoms with Gasteiger partial charge in [-0.3, -0.25) is 9.36 Å². The van der Waals surface area contributed by atoms with Crippen LogP contribution in [0, 0.1) is 17.2 Å². The second-order valence-electron chi connectivity index (χ2n) is 17.7. The predicted molar refractivity (Wildman–Crippen MR) is 229 cm³/mol. The van der Waals surface area contributed by atoms with Crippen LogP contribution in [0.15, 0.2) is 60.9 Å². The first-order valence-electron chi connectivity index (χ1n) is 21.2. The summed E-state index contributed by atoms with van der Waals surface area (Å²) in [5.74, 6) is 1.63. The van der Waals surface area contributed by atoms with Gasteiger partial charge in [0.2, 0.25) is 12.1 Å². The van der Waals surface area contributed by atoms with Gasteiger partial charge in [0.15, 0.2) is 0 Å². The van der Waals surface area contributed by atoms with Crippen LogP contribution in [-0.4, -0.2) is 67.1 Å². The van der Waals surface area contributed by atoms with Crippen molar-refractivity contribution in [2.45, 2.75) is 103 Å². The fourth-order valence-corrected chi connectivity index (χ4v) is 10.9. The van der Waals surface area contributed by atoms with Gasteiger partial charge in [-0.05, 0) is 91.8 Å². The maximum absolute atomic E-state index is 16.8. The van der Waals surface area contributed by atoms with E-state index >= 15 is 4.39 Å². The van der Waals surface area contributed by atoms with E-state index in [1.165, 1.54) is 30.9 Å². The summed E-state index contributed by atoms with van der Waals surface area (Å²) < 4.78 is 30.6. The zero-order valence-corrected chi connectivity index (χ0v) is 35.6. The minimum atomic E-state index is -0.745. The lowest BCUT2D eigenvalue weighted by atomic mass is 9.97. The van der Waals surface area contributed by atoms with Gasteiger partial charge in [-0.2, -0.15) is 0 Å². The number of H-pyrrole nitrogens is 2. The fourth-order valence-electron chi connectivity index (χ4n) is 9.83. The van der Waals surface area contributed by atoms with E-state index in [4.69, 9.17) is 19.4 Å². The van der Waals surface area contributed by atoms with Crippen LogP contribution in [0.3, 0.4) is 0 Å². The maximum atomic E-state index is 16.8. The van der Waals surface area contributed by atoms with Crippen molar-refractivity contribution in [2.75, 3.05) is 13.7 Å². The van der Waals surface area contributed by atoms with E-state index in [1.807, 2.05) is 26.1 Å². The van der Waals surface area contributed by atoms with Gasteiger partial charge in [0.25, 0.3) is 0 Å². The van der Waals surface area contributed by atoms with E-state index in [1.54, 1.807) is 22.4 Å². The highest BCUT2D eigenvalue weighted by Crippen LogP contribution is 2.59. The molecule has 0 bridgehead atoms. The van der Waals surface area contributed by atoms with Crippen LogP contribution in [0.4, 0.5) is 9.18 Å². The summed E-state index contributed by atoms with van der Waals surface area (Å²) in [6.07, 6.45) is 7.49. The molecule has 6 atom stereocenters. The van der Waals surface area contributed by atoms with Crippen LogP contribution in [0.1, 0.15) is 112 Å². The summed E-state index contributed by atoms with van der Waals surface area (Å²) in [7, 11) is 1.28. The number of likely N-dealkylation sites (tertiary alicyclic amines) is 1. The average molecular weight is 831 g/mol. The Kier molecular flexibility index (Phi) is 9.43. The van der Waals surface area contributed by atoms with Crippen LogP contribution < -0.4 is 15.4 Å². The first kappa shape index (κ1) is 38.7. The zero-order valence-electron chi connectivity index (χ0n) is 34.8. The molecule has 10 rings (SSSR count). The molecular weight excluding hydrogens is 780 g/mol. The Morgan fingerprint density at radius 1 is 1.02 bits per heavy atom. The molecular formula is C46H51FN8O4S. The molecule has 0 spiro atoms. The average Bonchev–Trinajstić information content (AvgIpc) is 4.03. The summed E-state index contributed by atoms with van der Waals surface area (Å²) in [5.41, 5.74) is 5.69. The molecule has 14 heteroatoms. The van der Waals surface area contributed by atoms with Crippen molar-refractivity contribution in [3.8, 4) is 39.5 Å². The number of nitrogens with zero attached hydrogens (tertiary/aromatic N) is 4. The lowest BCUT2D eigenvalue weighted by Crippen LogP contribution is -2.51. The zero-order chi connectivity index (χ0) is 41.6. The van der Waals surface area contributed by atoms with Crippen LogP contribution in [0.5, 0.6) is 5.75 Å². The van der Waals surface area contributed by atoms with Gasteiger partial charge < -0.3 is 35.0 Å². The van der Waals surface area contributed by atoms with Gasteiger partial charge in [-0.1, -0.05) is 40.7 Å². The SMILES string of the molecule is CCC12CC(c3ncc(-c4ccc5c(c4)cc4n5C(c5ccc(C(C)C)s5)Oc5cc(-c6cnc(C7CCCN7C(=O)C(NC(=O)OC)C(C)C)[nH]6)cc(F)c5-4)[nH]3)NC1C2. The molecule has 2 saturated heterocycles. The number of amides is 2. The third-order valence-electron chi connectivity index (χ3n) is 13.4. The topological polar surface area (TPSA) is 142 Å². The van der Waals surface area contributed by atoms with Crippen LogP contribution in [0.25, 0.3) is 44.7 Å². The van der Waals surface area contributed by atoms with Gasteiger partial charge in [0, 0.05) is 34.0 Å². The lowest BCUT2D eigenvalue weighted by Gasteiger charge is -2.30. The van der Waals surface area contributed by atoms with Crippen molar-refractivity contribution in [1.29, 1.82) is 0 Å². The lowest BCUT2D eigenvalue weighted by molar-refractivity contribution is -0.135. The molecule has 1 saturated carbocycles. The first-order chi connectivity index (χ1) is 28.9. The summed E-state index contributed by atoms with van der Waals surface area (Å²) in [4.78, 5) is 46.4. The Hall–Kier alpha value is -5.47. The normalized spacial score (nSPS) is 23.4. The molecule has 6 aromatic rings. The predicted octanol–water partition coefficient (Wildman–Crippen LogP) is 9.60. The van der Waals surface area contributed by atoms with Gasteiger partial charge >= 0.3 is 6.09 Å². The molecule has 4 N–H and O–H groups in total. The molecule has 7 heterocycles. The van der Waals surface area contributed by atoms with Crippen LogP contribution >= 0.6 is 11.3 Å². The number of ether oxygens (including phenoxy) is 2. The molecule has 60 heavy (non-hydrogen) atoms. The standard InChI is InChI=1S/C46H51FN8O4S/c1-7-46-19-29(50-38(46)20-46)41-48-21-30(51-41)25-10-11-32-27(15-25)17-34-39-28(47)16-26(18-35(39)59-44(55(32)34)37-13-12-36(60-37)23(2)3)31-22-49-42(52-31)33-9-8-14-54(33)43(56)40(24(4)5)53-45(57)58-6/h10-13,15-18,21-24,29,33,38,40,44,50H,7-9,14,19-20H2,1-6H3,(H,48,51)(H,49,52)(H,53,57). The number of piperidine rings is 1. The number of hydrogen-bond donors (Lipinski definition) is 4. The molecule has 3 aliphatic heterocycles. The molecule has 4 aromatic heterocycles. The van der Waals surface area contributed by atoms with Gasteiger partial charge in [-0.25, -0.2) is 19.2 Å². The number of nitrogens with one attached hydrogen (secondary N) is 4. The minimum Gasteiger partial charge on any atom is -0.464 e. The second-order valence-corrected chi connectivity index (χ2v) is 18.8. The number of alkyl carbamates (subject to hydrolysis) is 1. The fraction of sp³-hybridized carbons (Fsp3) is 0.435. The molecule has 312 valence electrons. The van der Waals surface area contributed by atoms with E-state index in [2.05, 4.69) is 82.3 Å². The maximum Gasteiger partial charge on any atom is 0.407 e. The number of carbonyl (C=O) groups excluding carboxylic acids is 2. The van der Waals surface area contributed by atoms with E-state index < -0.39 is 24.2 Å². The monoisotopic (exact) mass is 830 g/mol. The third-order valence-corrected chi connectivity index (χ3v) is 14.8. The number of fused-ring (bicyclic) bond motifs is 6. The summed E-state index contributed by atoms with van der Waals surface area (Å²) in [6, 6.07) is 15.9. The Balaban J connectivity index is 0.986. The number of benzene rings is 2. The summed E-state index contributed by atoms with van der Waals surface area (Å²) in [6.45, 7) is 11.0. The number of carbonyl (C=O) groups is 2. The summed E-state index contributed by atoms with van der Waals surface area (Å²) in [5, 5.41) is 7.45. The highest BCUT2D eigenvalue weighted by molar-refractivity contribution is 7.12. The smallest absolute Gasteiger partial charge is 0.407 e. The molecule has 12 nitrogen and oxygen atoms in total. The van der Waals surface area contributed by atoms with E-state index in [0.717, 1.165) is 51.4 Å². The molecule has 2 aromatic carbocycles. The molecule has 4 aliphatic rings. The van der Waals surface area contributed by atoms with Crippen LogP contribution in [0.2, 0.25) is 0 Å². The third kappa shape index (κ3) is 6.41. The van der Waals surface area contributed by atoms with Crippen molar-refractivity contribution in [2.24, 2.45) is 11.3 Å². The van der Waals surface area contributed by atoms with Gasteiger partial charge in [0.1, 0.15) is 29.3 Å². The second kappa shape index (κ2) is 14.6. The molecule has 3 fully saturated rings. The Morgan fingerprint density at radius 2 is 1.80 bits per heavy atom. The summed E-state index contributed by atoms with van der Waals surface area (Å²) >= 11 is 1.71. The Labute approximate surface area is 352 Å². The Morgan fingerprint density at radius 3 is 2.53 bits per heavy atom. The van der Waals surface area contributed by atoms with Crippen molar-refractivity contribution in [1.82, 2.24) is 40.0 Å². The van der Waals surface area contributed by atoms with E-state index in [9.17, 15) is 9.59 Å². The number of aromatic nitrogens is 5.